The third kappa shape index (κ3) is 2.55. The highest BCUT2D eigenvalue weighted by molar-refractivity contribution is 5.84. The molecule has 2 heterocycles. The molecule has 18 heavy (non-hydrogen) atoms. The van der Waals surface area contributed by atoms with Gasteiger partial charge in [-0.1, -0.05) is 0 Å². The van der Waals surface area contributed by atoms with Crippen LogP contribution in [0.4, 0.5) is 4.79 Å². The van der Waals surface area contributed by atoms with Gasteiger partial charge in [-0.2, -0.15) is 0 Å². The van der Waals surface area contributed by atoms with Gasteiger partial charge in [0.25, 0.3) is 0 Å². The number of likely N-dealkylation sites (tertiary alicyclic amines) is 1. The average Bonchev–Trinajstić information content (AvgIpc) is 2.72. The lowest BCUT2D eigenvalue weighted by atomic mass is 10.2. The molecule has 2 N–H and O–H groups in total. The van der Waals surface area contributed by atoms with Crippen LogP contribution in [0.25, 0.3) is 0 Å². The summed E-state index contributed by atoms with van der Waals surface area (Å²) in [6.07, 6.45) is 1.50. The van der Waals surface area contributed by atoms with Crippen LogP contribution in [-0.4, -0.2) is 65.0 Å². The zero-order valence-corrected chi connectivity index (χ0v) is 10.1. The number of urea groups is 1. The first-order valence-electron chi connectivity index (χ1n) is 6.14. The van der Waals surface area contributed by atoms with Gasteiger partial charge < -0.3 is 20.2 Å². The maximum absolute atomic E-state index is 12.2. The molecule has 1 atom stereocenters. The van der Waals surface area contributed by atoms with Gasteiger partial charge in [-0.25, -0.2) is 9.59 Å². The van der Waals surface area contributed by atoms with Crippen LogP contribution >= 0.6 is 0 Å². The van der Waals surface area contributed by atoms with E-state index in [0.717, 1.165) is 0 Å². The molecule has 0 aromatic carbocycles. The number of carboxylic acids is 1. The fraction of sp³-hybridized carbons (Fsp3) is 0.727. The second-order valence-electron chi connectivity index (χ2n) is 4.56. The Balaban J connectivity index is 2.01. The van der Waals surface area contributed by atoms with E-state index in [2.05, 4.69) is 5.32 Å². The largest absolute Gasteiger partial charge is 0.480 e. The Morgan fingerprint density at radius 2 is 2.06 bits per heavy atom. The van der Waals surface area contributed by atoms with Gasteiger partial charge in [-0.05, 0) is 12.8 Å². The topological polar surface area (TPSA) is 90.0 Å². The van der Waals surface area contributed by atoms with E-state index in [1.54, 1.807) is 4.90 Å². The molecule has 0 saturated carbocycles. The first kappa shape index (κ1) is 12.7. The standard InChI is InChI=1S/C11H17N3O4/c15-9-3-6-13(7-4-12-9)11(18)14-5-1-2-8(14)10(16)17/h8H,1-7H2,(H,12,15)(H,16,17)/t8-/m1/s1. The number of amides is 3. The van der Waals surface area contributed by atoms with E-state index in [-0.39, 0.29) is 18.4 Å². The fourth-order valence-electron chi connectivity index (χ4n) is 2.39. The molecule has 0 spiro atoms. The summed E-state index contributed by atoms with van der Waals surface area (Å²) in [6.45, 7) is 1.70. The van der Waals surface area contributed by atoms with Crippen molar-refractivity contribution in [2.45, 2.75) is 25.3 Å². The summed E-state index contributed by atoms with van der Waals surface area (Å²) < 4.78 is 0. The molecule has 7 nitrogen and oxygen atoms in total. The van der Waals surface area contributed by atoms with Crippen LogP contribution in [0.5, 0.6) is 0 Å². The molecule has 2 rings (SSSR count). The highest BCUT2D eigenvalue weighted by Crippen LogP contribution is 2.19. The number of hydrogen-bond donors (Lipinski definition) is 2. The number of hydrogen-bond acceptors (Lipinski definition) is 3. The Hall–Kier alpha value is -1.79. The lowest BCUT2D eigenvalue weighted by molar-refractivity contribution is -0.141. The number of carboxylic acid groups (broad SMARTS) is 1. The monoisotopic (exact) mass is 255 g/mol. The molecule has 2 aliphatic rings. The molecule has 7 heteroatoms. The Bertz CT molecular complexity index is 371. The molecular weight excluding hydrogens is 238 g/mol. The van der Waals surface area contributed by atoms with Crippen molar-refractivity contribution < 1.29 is 19.5 Å². The number of nitrogens with zero attached hydrogens (tertiary/aromatic N) is 2. The maximum atomic E-state index is 12.2. The van der Waals surface area contributed by atoms with Crippen molar-refractivity contribution >= 4 is 17.9 Å². The van der Waals surface area contributed by atoms with Gasteiger partial charge in [0.1, 0.15) is 6.04 Å². The smallest absolute Gasteiger partial charge is 0.326 e. The summed E-state index contributed by atoms with van der Waals surface area (Å²) in [7, 11) is 0. The van der Waals surface area contributed by atoms with E-state index in [9.17, 15) is 14.4 Å². The van der Waals surface area contributed by atoms with Crippen LogP contribution in [0.15, 0.2) is 0 Å². The SMILES string of the molecule is O=C1CCN(C(=O)N2CCC[C@@H]2C(=O)O)CCN1. The van der Waals surface area contributed by atoms with E-state index in [0.29, 0.717) is 39.0 Å². The average molecular weight is 255 g/mol. The summed E-state index contributed by atoms with van der Waals surface area (Å²) in [5, 5.41) is 11.7. The van der Waals surface area contributed by atoms with Crippen LogP contribution in [-0.2, 0) is 9.59 Å². The Kier molecular flexibility index (Phi) is 3.69. The third-order valence-electron chi connectivity index (χ3n) is 3.37. The number of nitrogens with one attached hydrogen (secondary N) is 1. The van der Waals surface area contributed by atoms with Crippen LogP contribution in [0.1, 0.15) is 19.3 Å². The summed E-state index contributed by atoms with van der Waals surface area (Å²) in [5.41, 5.74) is 0. The van der Waals surface area contributed by atoms with Crippen molar-refractivity contribution in [3.63, 3.8) is 0 Å². The normalized spacial score (nSPS) is 24.7. The van der Waals surface area contributed by atoms with Crippen molar-refractivity contribution in [1.29, 1.82) is 0 Å². The Morgan fingerprint density at radius 1 is 1.28 bits per heavy atom. The zero-order valence-electron chi connectivity index (χ0n) is 10.1. The van der Waals surface area contributed by atoms with Crippen LogP contribution in [0.2, 0.25) is 0 Å². The van der Waals surface area contributed by atoms with Gasteiger partial charge >= 0.3 is 12.0 Å². The number of carbonyl (C=O) groups is 3. The lowest BCUT2D eigenvalue weighted by Crippen LogP contribution is -2.48. The predicted molar refractivity (Wildman–Crippen MR) is 62.0 cm³/mol. The van der Waals surface area contributed by atoms with Crippen LogP contribution in [0, 0.1) is 0 Å². The van der Waals surface area contributed by atoms with E-state index < -0.39 is 12.0 Å². The first-order valence-corrected chi connectivity index (χ1v) is 6.14. The molecule has 0 radical (unpaired) electrons. The lowest BCUT2D eigenvalue weighted by Gasteiger charge is -2.29. The van der Waals surface area contributed by atoms with Crippen molar-refractivity contribution in [2.75, 3.05) is 26.2 Å². The predicted octanol–water partition coefficient (Wildman–Crippen LogP) is -0.523. The third-order valence-corrected chi connectivity index (χ3v) is 3.37. The van der Waals surface area contributed by atoms with E-state index >= 15 is 0 Å². The van der Waals surface area contributed by atoms with Crippen molar-refractivity contribution in [3.05, 3.63) is 0 Å². The maximum Gasteiger partial charge on any atom is 0.326 e. The molecule has 0 aliphatic carbocycles. The van der Waals surface area contributed by atoms with Gasteiger partial charge in [0.05, 0.1) is 0 Å². The molecule has 0 unspecified atom stereocenters. The van der Waals surface area contributed by atoms with Crippen molar-refractivity contribution in [1.82, 2.24) is 15.1 Å². The van der Waals surface area contributed by atoms with Crippen molar-refractivity contribution in [2.24, 2.45) is 0 Å². The van der Waals surface area contributed by atoms with Gasteiger partial charge in [0, 0.05) is 32.6 Å². The molecule has 2 saturated heterocycles. The van der Waals surface area contributed by atoms with Gasteiger partial charge in [0.15, 0.2) is 0 Å². The molecule has 100 valence electrons. The molecule has 3 amide bonds. The quantitative estimate of drug-likeness (QED) is 0.659. The molecule has 0 aromatic heterocycles. The highest BCUT2D eigenvalue weighted by atomic mass is 16.4. The van der Waals surface area contributed by atoms with Gasteiger partial charge in [-0.3, -0.25) is 4.79 Å². The highest BCUT2D eigenvalue weighted by Gasteiger charge is 2.36. The van der Waals surface area contributed by atoms with Crippen LogP contribution < -0.4 is 5.32 Å². The minimum atomic E-state index is -0.954. The second-order valence-corrected chi connectivity index (χ2v) is 4.56. The first-order chi connectivity index (χ1) is 8.59. The van der Waals surface area contributed by atoms with E-state index in [1.165, 1.54) is 4.90 Å². The molecular formula is C11H17N3O4. The minimum Gasteiger partial charge on any atom is -0.480 e. The Morgan fingerprint density at radius 3 is 2.78 bits per heavy atom. The fourth-order valence-corrected chi connectivity index (χ4v) is 2.39. The number of rotatable bonds is 1. The van der Waals surface area contributed by atoms with Gasteiger partial charge in [-0.15, -0.1) is 0 Å². The van der Waals surface area contributed by atoms with Gasteiger partial charge in [0.2, 0.25) is 5.91 Å². The number of aliphatic carboxylic acids is 1. The minimum absolute atomic E-state index is 0.0680. The van der Waals surface area contributed by atoms with E-state index in [1.807, 2.05) is 0 Å². The Labute approximate surface area is 105 Å². The molecule has 2 aliphatic heterocycles. The van der Waals surface area contributed by atoms with Crippen molar-refractivity contribution in [3.8, 4) is 0 Å². The molecule has 0 bridgehead atoms. The molecule has 2 fully saturated rings. The van der Waals surface area contributed by atoms with E-state index in [4.69, 9.17) is 5.11 Å². The summed E-state index contributed by atoms with van der Waals surface area (Å²) in [5.74, 6) is -1.02. The summed E-state index contributed by atoms with van der Waals surface area (Å²) in [6, 6.07) is -0.985. The number of carbonyl (C=O) groups excluding carboxylic acids is 2. The molecule has 0 aromatic rings. The summed E-state index contributed by atoms with van der Waals surface area (Å²) in [4.78, 5) is 37.4. The zero-order chi connectivity index (χ0) is 13.1. The second kappa shape index (κ2) is 5.24. The summed E-state index contributed by atoms with van der Waals surface area (Å²) >= 11 is 0. The van der Waals surface area contributed by atoms with Crippen LogP contribution in [0.3, 0.4) is 0 Å².